The molecule has 0 spiro atoms. The highest BCUT2D eigenvalue weighted by Gasteiger charge is 2.26. The van der Waals surface area contributed by atoms with E-state index in [0.717, 1.165) is 57.8 Å². The van der Waals surface area contributed by atoms with Gasteiger partial charge in [-0.25, -0.2) is 0 Å². The van der Waals surface area contributed by atoms with Gasteiger partial charge in [-0.3, -0.25) is 8.98 Å². The van der Waals surface area contributed by atoms with Crippen LogP contribution in [0.1, 0.15) is 71.6 Å². The van der Waals surface area contributed by atoms with Crippen LogP contribution in [-0.4, -0.2) is 26.1 Å². The summed E-state index contributed by atoms with van der Waals surface area (Å²) in [6, 6.07) is 0. The van der Waals surface area contributed by atoms with Gasteiger partial charge in [0.1, 0.15) is 5.75 Å². The Balaban J connectivity index is 2.37. The van der Waals surface area contributed by atoms with Crippen molar-refractivity contribution in [2.45, 2.75) is 77.7 Å². The molecule has 0 aromatic heterocycles. The minimum Gasteiger partial charge on any atom is -0.298 e. The maximum absolute atomic E-state index is 11.9. The van der Waals surface area contributed by atoms with E-state index in [1.807, 2.05) is 6.92 Å². The van der Waals surface area contributed by atoms with Gasteiger partial charge >= 0.3 is 0 Å². The Bertz CT molecular complexity index is 383. The van der Waals surface area contributed by atoms with Crippen molar-refractivity contribution in [3.05, 3.63) is 0 Å². The van der Waals surface area contributed by atoms with Gasteiger partial charge in [0.15, 0.2) is 5.78 Å². The predicted octanol–water partition coefficient (Wildman–Crippen LogP) is 3.45. The zero-order valence-corrected chi connectivity index (χ0v) is 13.6. The van der Waals surface area contributed by atoms with Gasteiger partial charge in [0.2, 0.25) is 0 Å². The maximum atomic E-state index is 11.9. The first kappa shape index (κ1) is 17.6. The molecule has 1 fully saturated rings. The standard InChI is InChI=1S/C15H28O4S/c1-3-4-6-9-13(2)15(16)12-20(17,18)19-14-10-7-5-8-11-14/h13-14H,3-12H2,1-2H3. The number of unbranched alkanes of at least 4 members (excludes halogenated alkanes) is 2. The van der Waals surface area contributed by atoms with Crippen LogP contribution in [0.2, 0.25) is 0 Å². The number of Topliss-reactive ketones (excluding diaryl/α,β-unsaturated/α-hetero) is 1. The summed E-state index contributed by atoms with van der Waals surface area (Å²) in [7, 11) is -3.71. The average molecular weight is 304 g/mol. The predicted molar refractivity (Wildman–Crippen MR) is 80.1 cm³/mol. The molecule has 0 aromatic carbocycles. The molecule has 1 unspecified atom stereocenters. The number of carbonyl (C=O) groups is 1. The van der Waals surface area contributed by atoms with Gasteiger partial charge < -0.3 is 0 Å². The molecule has 0 heterocycles. The van der Waals surface area contributed by atoms with Crippen molar-refractivity contribution < 1.29 is 17.4 Å². The lowest BCUT2D eigenvalue weighted by Crippen LogP contribution is -2.28. The summed E-state index contributed by atoms with van der Waals surface area (Å²) in [6.07, 6.45) is 8.48. The molecule has 4 nitrogen and oxygen atoms in total. The molecule has 0 amide bonds. The van der Waals surface area contributed by atoms with E-state index in [0.29, 0.717) is 0 Å². The summed E-state index contributed by atoms with van der Waals surface area (Å²) in [4.78, 5) is 11.9. The van der Waals surface area contributed by atoms with Crippen LogP contribution in [0.25, 0.3) is 0 Å². The van der Waals surface area contributed by atoms with Gasteiger partial charge in [-0.2, -0.15) is 8.42 Å². The van der Waals surface area contributed by atoms with E-state index in [9.17, 15) is 13.2 Å². The van der Waals surface area contributed by atoms with Crippen molar-refractivity contribution in [3.8, 4) is 0 Å². The number of rotatable bonds is 9. The first-order valence-electron chi connectivity index (χ1n) is 7.88. The molecule has 0 aliphatic heterocycles. The second-order valence-electron chi connectivity index (χ2n) is 5.92. The van der Waals surface area contributed by atoms with Gasteiger partial charge in [0.25, 0.3) is 10.1 Å². The minimum absolute atomic E-state index is 0.189. The molecule has 20 heavy (non-hydrogen) atoms. The quantitative estimate of drug-likeness (QED) is 0.483. The number of hydrogen-bond acceptors (Lipinski definition) is 4. The summed E-state index contributed by atoms with van der Waals surface area (Å²) in [5, 5.41) is 0. The van der Waals surface area contributed by atoms with Crippen molar-refractivity contribution in [1.82, 2.24) is 0 Å². The molecule has 1 aliphatic rings. The van der Waals surface area contributed by atoms with Gasteiger partial charge in [-0.15, -0.1) is 0 Å². The van der Waals surface area contributed by atoms with E-state index in [1.165, 1.54) is 0 Å². The van der Waals surface area contributed by atoms with Gasteiger partial charge in [-0.05, 0) is 19.3 Å². The molecular weight excluding hydrogens is 276 g/mol. The van der Waals surface area contributed by atoms with E-state index in [2.05, 4.69) is 6.92 Å². The molecule has 1 rings (SSSR count). The maximum Gasteiger partial charge on any atom is 0.274 e. The molecule has 0 N–H and O–H groups in total. The van der Waals surface area contributed by atoms with Crippen LogP contribution in [0.3, 0.4) is 0 Å². The second-order valence-corrected chi connectivity index (χ2v) is 7.52. The van der Waals surface area contributed by atoms with Crippen LogP contribution in [0.4, 0.5) is 0 Å². The molecule has 1 atom stereocenters. The highest BCUT2D eigenvalue weighted by molar-refractivity contribution is 7.87. The van der Waals surface area contributed by atoms with Crippen LogP contribution in [-0.2, 0) is 19.1 Å². The molecule has 0 bridgehead atoms. The number of hydrogen-bond donors (Lipinski definition) is 0. The summed E-state index contributed by atoms with van der Waals surface area (Å²) >= 11 is 0. The first-order chi connectivity index (χ1) is 9.44. The Morgan fingerprint density at radius 3 is 2.45 bits per heavy atom. The molecular formula is C15H28O4S. The van der Waals surface area contributed by atoms with Crippen LogP contribution in [0, 0.1) is 5.92 Å². The third-order valence-electron chi connectivity index (χ3n) is 3.94. The lowest BCUT2D eigenvalue weighted by Gasteiger charge is -2.21. The monoisotopic (exact) mass is 304 g/mol. The summed E-state index contributed by atoms with van der Waals surface area (Å²) in [6.45, 7) is 3.92. The Morgan fingerprint density at radius 2 is 1.85 bits per heavy atom. The topological polar surface area (TPSA) is 60.4 Å². The Hall–Kier alpha value is -0.420. The summed E-state index contributed by atoms with van der Waals surface area (Å²) in [5.74, 6) is -0.861. The van der Waals surface area contributed by atoms with Gasteiger partial charge in [0.05, 0.1) is 6.10 Å². The lowest BCUT2D eigenvalue weighted by atomic mass is 9.98. The molecule has 1 aliphatic carbocycles. The van der Waals surface area contributed by atoms with E-state index < -0.39 is 15.9 Å². The fourth-order valence-electron chi connectivity index (χ4n) is 2.58. The largest absolute Gasteiger partial charge is 0.298 e. The van der Waals surface area contributed by atoms with Crippen LogP contribution < -0.4 is 0 Å². The van der Waals surface area contributed by atoms with Crippen molar-refractivity contribution in [2.75, 3.05) is 5.75 Å². The van der Waals surface area contributed by atoms with E-state index in [1.54, 1.807) is 0 Å². The third kappa shape index (κ3) is 6.84. The smallest absolute Gasteiger partial charge is 0.274 e. The highest BCUT2D eigenvalue weighted by atomic mass is 32.2. The third-order valence-corrected chi connectivity index (χ3v) is 5.15. The van der Waals surface area contributed by atoms with Crippen LogP contribution in [0.15, 0.2) is 0 Å². The first-order valence-corrected chi connectivity index (χ1v) is 9.46. The fraction of sp³-hybridized carbons (Fsp3) is 0.933. The molecule has 118 valence electrons. The average Bonchev–Trinajstić information content (AvgIpc) is 2.38. The van der Waals surface area contributed by atoms with Crippen LogP contribution in [0.5, 0.6) is 0 Å². The van der Waals surface area contributed by atoms with Gasteiger partial charge in [0, 0.05) is 5.92 Å². The summed E-state index contributed by atoms with van der Waals surface area (Å²) < 4.78 is 29.0. The molecule has 1 saturated carbocycles. The SMILES string of the molecule is CCCCCC(C)C(=O)CS(=O)(=O)OC1CCCCC1. The molecule has 0 aromatic rings. The van der Waals surface area contributed by atoms with Crippen molar-refractivity contribution in [3.63, 3.8) is 0 Å². The van der Waals surface area contributed by atoms with E-state index in [4.69, 9.17) is 4.18 Å². The minimum atomic E-state index is -3.71. The highest BCUT2D eigenvalue weighted by Crippen LogP contribution is 2.22. The zero-order chi connectivity index (χ0) is 15.0. The van der Waals surface area contributed by atoms with E-state index in [-0.39, 0.29) is 17.8 Å². The number of carbonyl (C=O) groups excluding carboxylic acids is 1. The normalized spacial score (nSPS) is 18.9. The van der Waals surface area contributed by atoms with Crippen molar-refractivity contribution >= 4 is 15.9 Å². The molecule has 5 heteroatoms. The Morgan fingerprint density at radius 1 is 1.20 bits per heavy atom. The van der Waals surface area contributed by atoms with E-state index >= 15 is 0 Å². The van der Waals surface area contributed by atoms with Gasteiger partial charge in [-0.1, -0.05) is 52.4 Å². The fourth-order valence-corrected chi connectivity index (χ4v) is 3.89. The molecule has 0 radical (unpaired) electrons. The second kappa shape index (κ2) is 8.78. The zero-order valence-electron chi connectivity index (χ0n) is 12.8. The Kier molecular flexibility index (Phi) is 7.74. The molecule has 0 saturated heterocycles. The number of ketones is 1. The lowest BCUT2D eigenvalue weighted by molar-refractivity contribution is -0.120. The summed E-state index contributed by atoms with van der Waals surface area (Å²) in [5.41, 5.74) is 0. The Labute approximate surface area is 123 Å². The van der Waals surface area contributed by atoms with Crippen LogP contribution >= 0.6 is 0 Å². The van der Waals surface area contributed by atoms with Crippen molar-refractivity contribution in [1.29, 1.82) is 0 Å². The van der Waals surface area contributed by atoms with Crippen molar-refractivity contribution in [2.24, 2.45) is 5.92 Å².